The molecule has 0 spiro atoms. The van der Waals surface area contributed by atoms with Gasteiger partial charge in [-0.15, -0.1) is 0 Å². The highest BCUT2D eigenvalue weighted by molar-refractivity contribution is 9.10. The number of nitrogens with zero attached hydrogens (tertiary/aromatic N) is 1. The van der Waals surface area contributed by atoms with E-state index in [1.54, 1.807) is 42.5 Å². The van der Waals surface area contributed by atoms with E-state index in [1.807, 2.05) is 66.7 Å². The van der Waals surface area contributed by atoms with Crippen LogP contribution in [0.25, 0.3) is 11.1 Å². The zero-order valence-electron chi connectivity index (χ0n) is 24.7. The van der Waals surface area contributed by atoms with Crippen LogP contribution in [0.3, 0.4) is 0 Å². The number of benzene rings is 5. The molecule has 0 radical (unpaired) electrons. The summed E-state index contributed by atoms with van der Waals surface area (Å²) < 4.78 is 19.8. The lowest BCUT2D eigenvalue weighted by Crippen LogP contribution is -2.35. The van der Waals surface area contributed by atoms with Crippen LogP contribution in [-0.4, -0.2) is 34.3 Å². The molecule has 0 aliphatic rings. The van der Waals surface area contributed by atoms with E-state index < -0.39 is 11.9 Å². The van der Waals surface area contributed by atoms with E-state index in [2.05, 4.69) is 21.2 Å². The monoisotopic (exact) mass is 680 g/mol. The zero-order valence-corrected chi connectivity index (χ0v) is 26.2. The smallest absolute Gasteiger partial charge is 0.394 e. The lowest BCUT2D eigenvalue weighted by atomic mass is 10.0. The molecule has 5 aromatic rings. The molecule has 0 saturated carbocycles. The van der Waals surface area contributed by atoms with Crippen LogP contribution in [0, 0.1) is 5.82 Å². The van der Waals surface area contributed by atoms with Crippen molar-refractivity contribution in [2.24, 2.45) is 0 Å². The molecule has 2 amide bonds. The van der Waals surface area contributed by atoms with Crippen LogP contribution in [0.15, 0.2) is 126 Å². The summed E-state index contributed by atoms with van der Waals surface area (Å²) in [6.07, 6.45) is 0.630. The normalized spacial score (nSPS) is 10.7. The first-order valence-corrected chi connectivity index (χ1v) is 15.3. The Morgan fingerprint density at radius 2 is 1.46 bits per heavy atom. The molecule has 0 bridgehead atoms. The second kappa shape index (κ2) is 15.1. The third-order valence-corrected chi connectivity index (χ3v) is 7.96. The van der Waals surface area contributed by atoms with Crippen molar-refractivity contribution in [1.82, 2.24) is 10.2 Å². The first kappa shape index (κ1) is 32.1. The summed E-state index contributed by atoms with van der Waals surface area (Å²) in [4.78, 5) is 38.4. The predicted molar refractivity (Wildman–Crippen MR) is 177 cm³/mol. The van der Waals surface area contributed by atoms with Crippen LogP contribution < -0.4 is 10.1 Å². The number of amides is 2. The van der Waals surface area contributed by atoms with Gasteiger partial charge in [0.25, 0.3) is 5.91 Å². The molecule has 0 aliphatic heterocycles. The van der Waals surface area contributed by atoms with Crippen molar-refractivity contribution in [3.8, 4) is 22.6 Å². The van der Waals surface area contributed by atoms with E-state index >= 15 is 0 Å². The second-order valence-corrected chi connectivity index (χ2v) is 11.4. The van der Waals surface area contributed by atoms with Gasteiger partial charge in [0, 0.05) is 29.7 Å². The van der Waals surface area contributed by atoms with E-state index in [0.29, 0.717) is 34.1 Å². The largest absolute Gasteiger partial charge is 0.474 e. The van der Waals surface area contributed by atoms with Crippen molar-refractivity contribution in [2.45, 2.75) is 19.5 Å². The molecule has 5 aromatic carbocycles. The molecule has 2 N–H and O–H groups in total. The van der Waals surface area contributed by atoms with E-state index in [0.717, 1.165) is 28.2 Å². The summed E-state index contributed by atoms with van der Waals surface area (Å²) in [7, 11) is 0. The van der Waals surface area contributed by atoms with E-state index in [-0.39, 0.29) is 24.8 Å². The van der Waals surface area contributed by atoms with E-state index in [1.165, 1.54) is 17.0 Å². The molecular weight excluding hydrogens is 651 g/mol. The summed E-state index contributed by atoms with van der Waals surface area (Å²) in [6, 6.07) is 35.5. The molecule has 46 heavy (non-hydrogen) atoms. The van der Waals surface area contributed by atoms with Crippen LogP contribution >= 0.6 is 15.9 Å². The van der Waals surface area contributed by atoms with Gasteiger partial charge in [0.15, 0.2) is 0 Å². The van der Waals surface area contributed by atoms with Gasteiger partial charge in [-0.2, -0.15) is 0 Å². The van der Waals surface area contributed by atoms with Crippen LogP contribution in [0.4, 0.5) is 4.39 Å². The summed E-state index contributed by atoms with van der Waals surface area (Å²) in [6.45, 7) is 0.460. The van der Waals surface area contributed by atoms with Crippen molar-refractivity contribution >= 4 is 33.7 Å². The number of para-hydroxylation sites is 1. The van der Waals surface area contributed by atoms with Gasteiger partial charge in [0.1, 0.15) is 17.3 Å². The fraction of sp³-hybridized carbons (Fsp3) is 0.108. The van der Waals surface area contributed by atoms with Gasteiger partial charge in [0.2, 0.25) is 0 Å². The first-order chi connectivity index (χ1) is 22.2. The zero-order chi connectivity index (χ0) is 32.5. The minimum atomic E-state index is -1.57. The summed E-state index contributed by atoms with van der Waals surface area (Å²) in [5.41, 5.74) is 4.42. The third kappa shape index (κ3) is 8.67. The van der Waals surface area contributed by atoms with Crippen molar-refractivity contribution in [2.75, 3.05) is 6.54 Å². The van der Waals surface area contributed by atoms with Gasteiger partial charge in [-0.3, -0.25) is 9.59 Å². The van der Waals surface area contributed by atoms with Gasteiger partial charge in [-0.1, -0.05) is 82.7 Å². The number of hydrogen-bond donors (Lipinski definition) is 2. The Bertz CT molecular complexity index is 1830. The van der Waals surface area contributed by atoms with Crippen LogP contribution in [0.1, 0.15) is 27.0 Å². The molecule has 5 rings (SSSR count). The summed E-state index contributed by atoms with van der Waals surface area (Å²) in [5, 5.41) is 12.4. The summed E-state index contributed by atoms with van der Waals surface area (Å²) >= 11 is 3.49. The maximum atomic E-state index is 13.4. The van der Waals surface area contributed by atoms with E-state index in [9.17, 15) is 23.9 Å². The number of ether oxygens (including phenoxy) is 1. The quantitative estimate of drug-likeness (QED) is 0.140. The van der Waals surface area contributed by atoms with Crippen molar-refractivity contribution in [3.63, 3.8) is 0 Å². The molecule has 0 atom stereocenters. The topological polar surface area (TPSA) is 95.9 Å². The van der Waals surface area contributed by atoms with Crippen molar-refractivity contribution < 1.29 is 28.6 Å². The Labute approximate surface area is 274 Å². The van der Waals surface area contributed by atoms with Crippen LogP contribution in [-0.2, 0) is 29.1 Å². The Morgan fingerprint density at radius 1 is 0.739 bits per heavy atom. The Morgan fingerprint density at radius 3 is 2.15 bits per heavy atom. The average molecular weight is 682 g/mol. The van der Waals surface area contributed by atoms with Crippen molar-refractivity contribution in [3.05, 3.63) is 154 Å². The molecule has 0 saturated heterocycles. The van der Waals surface area contributed by atoms with Crippen LogP contribution in [0.2, 0.25) is 0 Å². The number of carboxylic acid groups (broad SMARTS) is 1. The molecular formula is C37H30BrFN2O5. The molecule has 7 nitrogen and oxygen atoms in total. The van der Waals surface area contributed by atoms with Gasteiger partial charge >= 0.3 is 11.9 Å². The number of carbonyl (C=O) groups is 3. The molecule has 232 valence electrons. The molecule has 0 fully saturated rings. The maximum absolute atomic E-state index is 13.4. The molecule has 0 heterocycles. The molecule has 9 heteroatoms. The first-order valence-electron chi connectivity index (χ1n) is 14.5. The van der Waals surface area contributed by atoms with Gasteiger partial charge in [0.05, 0.1) is 0 Å². The maximum Gasteiger partial charge on any atom is 0.394 e. The molecule has 0 unspecified atom stereocenters. The Kier molecular flexibility index (Phi) is 10.6. The average Bonchev–Trinajstić information content (AvgIpc) is 3.06. The Hall–Kier alpha value is -5.28. The Balaban J connectivity index is 1.19. The minimum Gasteiger partial charge on any atom is -0.474 e. The SMILES string of the molecule is O=C(O)C(=O)N(Cc1cccc(-c2ccc(F)cc2)c1)Cc1ccc(C(=O)NCCc2ccc(Oc3ccccc3)cc2)cc1Br. The van der Waals surface area contributed by atoms with Gasteiger partial charge in [-0.05, 0) is 88.8 Å². The minimum absolute atomic E-state index is 0.00161. The number of aliphatic carboxylic acids is 1. The lowest BCUT2D eigenvalue weighted by Gasteiger charge is -2.22. The highest BCUT2D eigenvalue weighted by Crippen LogP contribution is 2.25. The number of halogens is 2. The van der Waals surface area contributed by atoms with Gasteiger partial charge in [-0.25, -0.2) is 9.18 Å². The molecule has 0 aliphatic carbocycles. The number of carboxylic acids is 1. The third-order valence-electron chi connectivity index (χ3n) is 7.23. The van der Waals surface area contributed by atoms with Gasteiger partial charge < -0.3 is 20.1 Å². The molecule has 0 aromatic heterocycles. The number of carbonyl (C=O) groups excluding carboxylic acids is 2. The number of hydrogen-bond acceptors (Lipinski definition) is 4. The number of nitrogens with one attached hydrogen (secondary N) is 1. The lowest BCUT2D eigenvalue weighted by molar-refractivity contribution is -0.156. The highest BCUT2D eigenvalue weighted by Gasteiger charge is 2.23. The fourth-order valence-electron chi connectivity index (χ4n) is 4.84. The second-order valence-electron chi connectivity index (χ2n) is 10.5. The fourth-order valence-corrected chi connectivity index (χ4v) is 5.34. The summed E-state index contributed by atoms with van der Waals surface area (Å²) in [5.74, 6) is -1.74. The van der Waals surface area contributed by atoms with Crippen molar-refractivity contribution in [1.29, 1.82) is 0 Å². The van der Waals surface area contributed by atoms with E-state index in [4.69, 9.17) is 4.74 Å². The number of rotatable bonds is 11. The highest BCUT2D eigenvalue weighted by atomic mass is 79.9. The predicted octanol–water partition coefficient (Wildman–Crippen LogP) is 7.63. The standard InChI is InChI=1S/C37H30BrFN2O5/c38-34-22-29(35(42)40-20-19-25-9-17-33(18-10-25)46-32-7-2-1-3-8-32)11-12-30(34)24-41(36(43)37(44)45)23-26-5-4-6-28(21-26)27-13-15-31(39)16-14-27/h1-18,21-22H,19-20,23-24H2,(H,40,42)(H,44,45). The van der Waals surface area contributed by atoms with Crippen LogP contribution in [0.5, 0.6) is 11.5 Å².